The van der Waals surface area contributed by atoms with Crippen molar-refractivity contribution in [2.75, 3.05) is 0 Å². The van der Waals surface area contributed by atoms with Gasteiger partial charge in [-0.15, -0.1) is 5.73 Å². The van der Waals surface area contributed by atoms with Gasteiger partial charge in [0.1, 0.15) is 0 Å². The third kappa shape index (κ3) is 4.29. The fourth-order valence-electron chi connectivity index (χ4n) is 1.65. The summed E-state index contributed by atoms with van der Waals surface area (Å²) in [6, 6.07) is 20.8. The van der Waals surface area contributed by atoms with E-state index in [0.29, 0.717) is 0 Å². The molecule has 0 saturated heterocycles. The SMILES string of the molecule is CC(=C=CSc1ccccc1)Cc1ccccc1. The van der Waals surface area contributed by atoms with E-state index in [0.717, 1.165) is 6.42 Å². The summed E-state index contributed by atoms with van der Waals surface area (Å²) < 4.78 is 0. The quantitative estimate of drug-likeness (QED) is 0.540. The highest BCUT2D eigenvalue weighted by Crippen LogP contribution is 2.18. The Balaban J connectivity index is 1.96. The maximum Gasteiger partial charge on any atom is 0.0178 e. The number of allylic oxidation sites excluding steroid dienone is 1. The average molecular weight is 252 g/mol. The minimum absolute atomic E-state index is 0.965. The largest absolute Gasteiger partial charge is 0.114 e. The number of hydrogen-bond donors (Lipinski definition) is 0. The van der Waals surface area contributed by atoms with Crippen LogP contribution in [0.15, 0.2) is 82.3 Å². The second-order valence-electron chi connectivity index (χ2n) is 4.14. The molecule has 2 rings (SSSR count). The molecule has 2 aromatic carbocycles. The van der Waals surface area contributed by atoms with Crippen LogP contribution in [0.5, 0.6) is 0 Å². The van der Waals surface area contributed by atoms with E-state index in [1.807, 2.05) is 17.5 Å². The number of hydrogen-bond acceptors (Lipinski definition) is 1. The topological polar surface area (TPSA) is 0 Å². The molecule has 90 valence electrons. The van der Waals surface area contributed by atoms with Crippen molar-refractivity contribution in [2.45, 2.75) is 18.2 Å². The van der Waals surface area contributed by atoms with E-state index in [1.165, 1.54) is 16.0 Å². The summed E-state index contributed by atoms with van der Waals surface area (Å²) in [7, 11) is 0. The molecule has 0 spiro atoms. The number of benzene rings is 2. The molecule has 0 amide bonds. The van der Waals surface area contributed by atoms with E-state index in [9.17, 15) is 0 Å². The summed E-state index contributed by atoms with van der Waals surface area (Å²) in [6.45, 7) is 2.12. The van der Waals surface area contributed by atoms with Crippen LogP contribution in [0.25, 0.3) is 0 Å². The smallest absolute Gasteiger partial charge is 0.0178 e. The molecule has 0 atom stereocenters. The standard InChI is InChI=1S/C17H16S/c1-15(14-16-8-4-2-5-9-16)12-13-18-17-10-6-3-7-11-17/h2-11,13H,14H2,1H3. The molecule has 0 saturated carbocycles. The molecular formula is C17H16S. The lowest BCUT2D eigenvalue weighted by Crippen LogP contribution is -1.83. The van der Waals surface area contributed by atoms with Crippen molar-refractivity contribution in [1.82, 2.24) is 0 Å². The average Bonchev–Trinajstić information content (AvgIpc) is 2.41. The van der Waals surface area contributed by atoms with Gasteiger partial charge in [0.05, 0.1) is 0 Å². The summed E-state index contributed by atoms with van der Waals surface area (Å²) in [4.78, 5) is 1.25. The normalized spacial score (nSPS) is 9.61. The molecule has 0 fully saturated rings. The van der Waals surface area contributed by atoms with Crippen LogP contribution in [0.3, 0.4) is 0 Å². The lowest BCUT2D eigenvalue weighted by molar-refractivity contribution is 1.15. The third-order valence-corrected chi connectivity index (χ3v) is 3.34. The molecule has 18 heavy (non-hydrogen) atoms. The van der Waals surface area contributed by atoms with Crippen LogP contribution >= 0.6 is 11.8 Å². The van der Waals surface area contributed by atoms with E-state index in [2.05, 4.69) is 61.2 Å². The zero-order valence-corrected chi connectivity index (χ0v) is 11.3. The number of thioether (sulfide) groups is 1. The molecule has 0 unspecified atom stereocenters. The second kappa shape index (κ2) is 6.90. The Hall–Kier alpha value is -1.69. The van der Waals surface area contributed by atoms with Crippen LogP contribution in [0.4, 0.5) is 0 Å². The molecule has 0 bridgehead atoms. The van der Waals surface area contributed by atoms with E-state index in [-0.39, 0.29) is 0 Å². The maximum atomic E-state index is 3.33. The van der Waals surface area contributed by atoms with Gasteiger partial charge in [0.15, 0.2) is 0 Å². The summed E-state index contributed by atoms with van der Waals surface area (Å²) in [5.41, 5.74) is 5.92. The predicted octanol–water partition coefficient (Wildman–Crippen LogP) is 5.08. The zero-order chi connectivity index (χ0) is 12.6. The molecule has 0 radical (unpaired) electrons. The predicted molar refractivity (Wildman–Crippen MR) is 79.7 cm³/mol. The first-order chi connectivity index (χ1) is 8.84. The molecule has 0 N–H and O–H groups in total. The molecule has 1 heteroatoms. The Bertz CT molecular complexity index is 534. The molecule has 0 aliphatic carbocycles. The summed E-state index contributed by atoms with van der Waals surface area (Å²) in [6.07, 6.45) is 0.965. The lowest BCUT2D eigenvalue weighted by Gasteiger charge is -1.98. The highest BCUT2D eigenvalue weighted by atomic mass is 32.2. The van der Waals surface area contributed by atoms with Crippen LogP contribution in [-0.4, -0.2) is 0 Å². The van der Waals surface area contributed by atoms with Crippen molar-refractivity contribution >= 4 is 11.8 Å². The Morgan fingerprint density at radius 3 is 2.28 bits per heavy atom. The van der Waals surface area contributed by atoms with Gasteiger partial charge in [-0.1, -0.05) is 60.3 Å². The summed E-state index contributed by atoms with van der Waals surface area (Å²) in [5, 5.41) is 2.04. The van der Waals surface area contributed by atoms with Gasteiger partial charge in [0, 0.05) is 16.7 Å². The van der Waals surface area contributed by atoms with Crippen molar-refractivity contribution in [3.8, 4) is 0 Å². The highest BCUT2D eigenvalue weighted by Gasteiger charge is 1.92. The second-order valence-corrected chi connectivity index (χ2v) is 5.08. The van der Waals surface area contributed by atoms with Crippen LogP contribution in [0, 0.1) is 0 Å². The van der Waals surface area contributed by atoms with Crippen LogP contribution < -0.4 is 0 Å². The van der Waals surface area contributed by atoms with Crippen molar-refractivity contribution in [3.05, 3.63) is 82.9 Å². The number of rotatable bonds is 4. The molecule has 0 aromatic heterocycles. The van der Waals surface area contributed by atoms with Gasteiger partial charge in [-0.2, -0.15) is 0 Å². The van der Waals surface area contributed by atoms with E-state index in [1.54, 1.807) is 11.8 Å². The fourth-order valence-corrected chi connectivity index (χ4v) is 2.36. The van der Waals surface area contributed by atoms with Crippen molar-refractivity contribution in [1.29, 1.82) is 0 Å². The summed E-state index contributed by atoms with van der Waals surface area (Å²) >= 11 is 1.70. The minimum Gasteiger partial charge on any atom is -0.114 e. The first-order valence-corrected chi connectivity index (χ1v) is 6.89. The van der Waals surface area contributed by atoms with Gasteiger partial charge in [-0.3, -0.25) is 0 Å². The molecule has 0 nitrogen and oxygen atoms in total. The fraction of sp³-hybridized carbons (Fsp3) is 0.118. The monoisotopic (exact) mass is 252 g/mol. The summed E-state index contributed by atoms with van der Waals surface area (Å²) in [5.74, 6) is 0. The molecule has 2 aromatic rings. The van der Waals surface area contributed by atoms with Crippen molar-refractivity contribution < 1.29 is 0 Å². The van der Waals surface area contributed by atoms with Gasteiger partial charge in [-0.05, 0) is 30.2 Å². The van der Waals surface area contributed by atoms with Crippen LogP contribution in [0.1, 0.15) is 12.5 Å². The van der Waals surface area contributed by atoms with Gasteiger partial charge in [-0.25, -0.2) is 0 Å². The van der Waals surface area contributed by atoms with Crippen LogP contribution in [0.2, 0.25) is 0 Å². The van der Waals surface area contributed by atoms with Gasteiger partial charge < -0.3 is 0 Å². The maximum absolute atomic E-state index is 3.33. The Morgan fingerprint density at radius 2 is 1.61 bits per heavy atom. The Morgan fingerprint density at radius 1 is 1.00 bits per heavy atom. The van der Waals surface area contributed by atoms with E-state index >= 15 is 0 Å². The first kappa shape index (κ1) is 12.8. The Kier molecular flexibility index (Phi) is 4.89. The third-order valence-electron chi connectivity index (χ3n) is 2.56. The van der Waals surface area contributed by atoms with E-state index < -0.39 is 0 Å². The van der Waals surface area contributed by atoms with Gasteiger partial charge >= 0.3 is 0 Å². The zero-order valence-electron chi connectivity index (χ0n) is 10.5. The lowest BCUT2D eigenvalue weighted by atomic mass is 10.1. The minimum atomic E-state index is 0.965. The van der Waals surface area contributed by atoms with Gasteiger partial charge in [0.25, 0.3) is 0 Å². The Labute approximate surface area is 113 Å². The van der Waals surface area contributed by atoms with Gasteiger partial charge in [0.2, 0.25) is 0 Å². The molecular weight excluding hydrogens is 236 g/mol. The molecule has 0 heterocycles. The van der Waals surface area contributed by atoms with Crippen LogP contribution in [-0.2, 0) is 6.42 Å². The van der Waals surface area contributed by atoms with Crippen molar-refractivity contribution in [3.63, 3.8) is 0 Å². The molecule has 0 aliphatic rings. The molecule has 0 aliphatic heterocycles. The first-order valence-electron chi connectivity index (χ1n) is 6.01. The highest BCUT2D eigenvalue weighted by molar-refractivity contribution is 8.02. The van der Waals surface area contributed by atoms with E-state index in [4.69, 9.17) is 0 Å². The van der Waals surface area contributed by atoms with Crippen molar-refractivity contribution in [2.24, 2.45) is 0 Å².